The van der Waals surface area contributed by atoms with Gasteiger partial charge in [-0.15, -0.1) is 0 Å². The zero-order valence-electron chi connectivity index (χ0n) is 12.7. The Hall–Kier alpha value is -1.84. The van der Waals surface area contributed by atoms with Crippen LogP contribution >= 0.6 is 0 Å². The second-order valence-electron chi connectivity index (χ2n) is 4.98. The summed E-state index contributed by atoms with van der Waals surface area (Å²) in [5.74, 6) is -1.39. The molecule has 0 saturated heterocycles. The molecule has 0 bridgehead atoms. The third-order valence-corrected chi connectivity index (χ3v) is 3.63. The molecule has 0 aromatic heterocycles. The van der Waals surface area contributed by atoms with Gasteiger partial charge in [0.1, 0.15) is 6.61 Å². The Labute approximate surface area is 126 Å². The van der Waals surface area contributed by atoms with Crippen molar-refractivity contribution in [3.8, 4) is 0 Å². The Bertz CT molecular complexity index is 433. The van der Waals surface area contributed by atoms with Crippen molar-refractivity contribution in [2.45, 2.75) is 46.1 Å². The molecule has 0 heterocycles. The fourth-order valence-corrected chi connectivity index (χ4v) is 2.42. The molecule has 0 spiro atoms. The van der Waals surface area contributed by atoms with Gasteiger partial charge in [-0.25, -0.2) is 0 Å². The summed E-state index contributed by atoms with van der Waals surface area (Å²) in [5, 5.41) is 8.90. The van der Waals surface area contributed by atoms with E-state index < -0.39 is 5.97 Å². The van der Waals surface area contributed by atoms with Gasteiger partial charge in [0.2, 0.25) is 0 Å². The summed E-state index contributed by atoms with van der Waals surface area (Å²) in [7, 11) is 0. The van der Waals surface area contributed by atoms with Crippen molar-refractivity contribution in [2.24, 2.45) is 11.8 Å². The fraction of sp³-hybridized carbons (Fsp3) is 0.529. The van der Waals surface area contributed by atoms with Gasteiger partial charge in [-0.05, 0) is 31.2 Å². The topological polar surface area (TPSA) is 63.6 Å². The van der Waals surface area contributed by atoms with Gasteiger partial charge in [0.15, 0.2) is 0 Å². The normalized spacial score (nSPS) is 20.9. The number of carboxylic acid groups (broad SMARTS) is 1. The summed E-state index contributed by atoms with van der Waals surface area (Å²) in [4.78, 5) is 22.7. The first-order valence-corrected chi connectivity index (χ1v) is 7.60. The van der Waals surface area contributed by atoms with Crippen LogP contribution < -0.4 is 0 Å². The molecule has 1 aliphatic rings. The second-order valence-corrected chi connectivity index (χ2v) is 4.98. The van der Waals surface area contributed by atoms with Crippen molar-refractivity contribution in [1.82, 2.24) is 0 Å². The van der Waals surface area contributed by atoms with Crippen molar-refractivity contribution in [3.05, 3.63) is 35.9 Å². The molecule has 116 valence electrons. The monoisotopic (exact) mass is 292 g/mol. The molecule has 4 heteroatoms. The zero-order valence-corrected chi connectivity index (χ0v) is 12.7. The number of rotatable bonds is 4. The van der Waals surface area contributed by atoms with E-state index in [1.807, 2.05) is 44.2 Å². The van der Waals surface area contributed by atoms with E-state index in [1.54, 1.807) is 0 Å². The number of carboxylic acids is 1. The van der Waals surface area contributed by atoms with Crippen LogP contribution in [0.2, 0.25) is 0 Å². The van der Waals surface area contributed by atoms with E-state index in [0.29, 0.717) is 32.3 Å². The minimum atomic E-state index is -0.754. The molecule has 1 aromatic carbocycles. The van der Waals surface area contributed by atoms with Gasteiger partial charge in [-0.2, -0.15) is 0 Å². The Kier molecular flexibility index (Phi) is 7.51. The van der Waals surface area contributed by atoms with Gasteiger partial charge in [-0.3, -0.25) is 9.59 Å². The van der Waals surface area contributed by atoms with Crippen molar-refractivity contribution in [1.29, 1.82) is 0 Å². The highest BCUT2D eigenvalue weighted by atomic mass is 16.5. The minimum absolute atomic E-state index is 0.140. The first-order valence-electron chi connectivity index (χ1n) is 7.60. The molecule has 0 amide bonds. The average Bonchev–Trinajstić information content (AvgIpc) is 2.55. The van der Waals surface area contributed by atoms with Crippen LogP contribution in [-0.2, 0) is 20.9 Å². The van der Waals surface area contributed by atoms with Crippen LogP contribution in [0.1, 0.15) is 45.1 Å². The quantitative estimate of drug-likeness (QED) is 0.860. The summed E-state index contributed by atoms with van der Waals surface area (Å²) < 4.78 is 5.28. The largest absolute Gasteiger partial charge is 0.481 e. The Morgan fingerprint density at radius 3 is 2.10 bits per heavy atom. The summed E-state index contributed by atoms with van der Waals surface area (Å²) in [6.07, 6.45) is 2.37. The van der Waals surface area contributed by atoms with Gasteiger partial charge < -0.3 is 9.84 Å². The maximum atomic E-state index is 11.9. The van der Waals surface area contributed by atoms with Crippen LogP contribution in [0.5, 0.6) is 0 Å². The highest BCUT2D eigenvalue weighted by Crippen LogP contribution is 2.29. The minimum Gasteiger partial charge on any atom is -0.481 e. The molecule has 0 radical (unpaired) electrons. The first-order chi connectivity index (χ1) is 10.2. The summed E-state index contributed by atoms with van der Waals surface area (Å²) in [6.45, 7) is 4.29. The lowest BCUT2D eigenvalue weighted by molar-refractivity contribution is -0.153. The van der Waals surface area contributed by atoms with E-state index >= 15 is 0 Å². The number of esters is 1. The van der Waals surface area contributed by atoms with Crippen LogP contribution in [0.15, 0.2) is 30.3 Å². The summed E-state index contributed by atoms with van der Waals surface area (Å²) in [5.41, 5.74) is 0.968. The van der Waals surface area contributed by atoms with E-state index in [0.717, 1.165) is 5.56 Å². The summed E-state index contributed by atoms with van der Waals surface area (Å²) in [6, 6.07) is 9.55. The molecule has 1 fully saturated rings. The van der Waals surface area contributed by atoms with Crippen molar-refractivity contribution >= 4 is 11.9 Å². The van der Waals surface area contributed by atoms with Crippen LogP contribution in [0.3, 0.4) is 0 Å². The third-order valence-electron chi connectivity index (χ3n) is 3.63. The highest BCUT2D eigenvalue weighted by Gasteiger charge is 2.30. The molecule has 1 N–H and O–H groups in total. The van der Waals surface area contributed by atoms with Crippen molar-refractivity contribution < 1.29 is 19.4 Å². The lowest BCUT2D eigenvalue weighted by Crippen LogP contribution is -2.27. The maximum Gasteiger partial charge on any atom is 0.309 e. The third kappa shape index (κ3) is 5.58. The molecule has 0 atom stereocenters. The highest BCUT2D eigenvalue weighted by molar-refractivity contribution is 5.74. The molecule has 4 nitrogen and oxygen atoms in total. The number of hydrogen-bond donors (Lipinski definition) is 1. The number of ether oxygens (including phenoxy) is 1. The molecule has 1 saturated carbocycles. The van der Waals surface area contributed by atoms with Crippen LogP contribution in [0, 0.1) is 11.8 Å². The van der Waals surface area contributed by atoms with Gasteiger partial charge in [0, 0.05) is 0 Å². The Morgan fingerprint density at radius 1 is 1.05 bits per heavy atom. The predicted octanol–water partition coefficient (Wildman–Crippen LogP) is 3.65. The molecule has 1 aliphatic carbocycles. The lowest BCUT2D eigenvalue weighted by Gasteiger charge is -2.24. The molecule has 21 heavy (non-hydrogen) atoms. The maximum absolute atomic E-state index is 11.9. The zero-order chi connectivity index (χ0) is 15.7. The molecule has 1 aromatic rings. The van der Waals surface area contributed by atoms with E-state index in [4.69, 9.17) is 9.84 Å². The number of carbonyl (C=O) groups excluding carboxylic acids is 1. The summed E-state index contributed by atoms with van der Waals surface area (Å²) >= 11 is 0. The van der Waals surface area contributed by atoms with E-state index in [-0.39, 0.29) is 17.8 Å². The smallest absolute Gasteiger partial charge is 0.309 e. The first kappa shape index (κ1) is 17.2. The van der Waals surface area contributed by atoms with E-state index in [1.165, 1.54) is 0 Å². The second kappa shape index (κ2) is 9.16. The van der Waals surface area contributed by atoms with E-state index in [9.17, 15) is 9.59 Å². The van der Waals surface area contributed by atoms with Crippen molar-refractivity contribution in [3.63, 3.8) is 0 Å². The molecule has 0 unspecified atom stereocenters. The van der Waals surface area contributed by atoms with Crippen LogP contribution in [0.25, 0.3) is 0 Å². The number of carbonyl (C=O) groups is 2. The molecular weight excluding hydrogens is 268 g/mol. The van der Waals surface area contributed by atoms with Gasteiger partial charge in [0.05, 0.1) is 11.8 Å². The van der Waals surface area contributed by atoms with Crippen LogP contribution in [0.4, 0.5) is 0 Å². The SMILES string of the molecule is CC.O=C(O)C1CCC(C(=O)OCc2ccccc2)CC1. The number of benzene rings is 1. The van der Waals surface area contributed by atoms with Gasteiger partial charge in [-0.1, -0.05) is 44.2 Å². The number of aliphatic carboxylic acids is 1. The molecule has 0 aliphatic heterocycles. The lowest BCUT2D eigenvalue weighted by atomic mass is 9.82. The van der Waals surface area contributed by atoms with Crippen molar-refractivity contribution in [2.75, 3.05) is 0 Å². The fourth-order valence-electron chi connectivity index (χ4n) is 2.42. The number of hydrogen-bond acceptors (Lipinski definition) is 3. The van der Waals surface area contributed by atoms with E-state index in [2.05, 4.69) is 0 Å². The van der Waals surface area contributed by atoms with Crippen LogP contribution in [-0.4, -0.2) is 17.0 Å². The molecule has 2 rings (SSSR count). The predicted molar refractivity (Wildman–Crippen MR) is 80.7 cm³/mol. The Morgan fingerprint density at radius 2 is 1.57 bits per heavy atom. The molecular formula is C17H24O4. The standard InChI is InChI=1S/C15H18O4.C2H6/c16-14(17)12-6-8-13(9-7-12)15(18)19-10-11-4-2-1-3-5-11;1-2/h1-5,12-13H,6-10H2,(H,16,17);1-2H3. The average molecular weight is 292 g/mol. The van der Waals surface area contributed by atoms with Gasteiger partial charge >= 0.3 is 11.9 Å². The Balaban J connectivity index is 0.00000106. The van der Waals surface area contributed by atoms with Gasteiger partial charge in [0.25, 0.3) is 0 Å².